The van der Waals surface area contributed by atoms with E-state index in [2.05, 4.69) is 11.8 Å². The van der Waals surface area contributed by atoms with Crippen molar-refractivity contribution in [2.24, 2.45) is 5.73 Å². The number of hydrogen-bond acceptors (Lipinski definition) is 2. The maximum absolute atomic E-state index is 13.2. The van der Waals surface area contributed by atoms with Crippen molar-refractivity contribution in [3.63, 3.8) is 0 Å². The Morgan fingerprint density at radius 1 is 1.53 bits per heavy atom. The van der Waals surface area contributed by atoms with Crippen LogP contribution < -0.4 is 10.6 Å². The first-order chi connectivity index (χ1) is 8.13. The molecule has 17 heavy (non-hydrogen) atoms. The molecule has 0 aliphatic heterocycles. The topological polar surface area (TPSA) is 53.1 Å². The van der Waals surface area contributed by atoms with Crippen molar-refractivity contribution in [1.29, 1.82) is 5.41 Å². The molecule has 3 nitrogen and oxygen atoms in total. The van der Waals surface area contributed by atoms with Crippen LogP contribution in [-0.2, 0) is 0 Å². The van der Waals surface area contributed by atoms with E-state index in [0.717, 1.165) is 18.7 Å². The first kappa shape index (κ1) is 11.9. The van der Waals surface area contributed by atoms with Gasteiger partial charge in [-0.15, -0.1) is 0 Å². The van der Waals surface area contributed by atoms with Gasteiger partial charge in [0.05, 0.1) is 0 Å². The highest BCUT2D eigenvalue weighted by atomic mass is 19.1. The highest BCUT2D eigenvalue weighted by Gasteiger charge is 2.30. The second kappa shape index (κ2) is 4.73. The van der Waals surface area contributed by atoms with Crippen LogP contribution in [0.25, 0.3) is 0 Å². The molecule has 1 aromatic carbocycles. The van der Waals surface area contributed by atoms with Gasteiger partial charge >= 0.3 is 0 Å². The first-order valence-electron chi connectivity index (χ1n) is 6.04. The van der Waals surface area contributed by atoms with Gasteiger partial charge in [-0.25, -0.2) is 4.39 Å². The monoisotopic (exact) mass is 235 g/mol. The Morgan fingerprint density at radius 2 is 2.24 bits per heavy atom. The smallest absolute Gasteiger partial charge is 0.125 e. The van der Waals surface area contributed by atoms with Gasteiger partial charge in [0.2, 0.25) is 0 Å². The first-order valence-corrected chi connectivity index (χ1v) is 6.04. The van der Waals surface area contributed by atoms with Crippen molar-refractivity contribution >= 4 is 11.5 Å². The lowest BCUT2D eigenvalue weighted by atomic mass is 10.1. The van der Waals surface area contributed by atoms with Gasteiger partial charge in [-0.2, -0.15) is 0 Å². The summed E-state index contributed by atoms with van der Waals surface area (Å²) < 4.78 is 13.2. The van der Waals surface area contributed by atoms with E-state index in [1.54, 1.807) is 6.07 Å². The second-order valence-electron chi connectivity index (χ2n) is 4.50. The lowest BCUT2D eigenvalue weighted by Gasteiger charge is -2.26. The molecule has 1 fully saturated rings. The lowest BCUT2D eigenvalue weighted by Crippen LogP contribution is -2.29. The van der Waals surface area contributed by atoms with Gasteiger partial charge < -0.3 is 10.6 Å². The number of hydrogen-bond donors (Lipinski definition) is 2. The molecule has 0 amide bonds. The van der Waals surface area contributed by atoms with Crippen LogP contribution >= 0.6 is 0 Å². The Bertz CT molecular complexity index is 427. The fraction of sp³-hybridized carbons (Fsp3) is 0.462. The van der Waals surface area contributed by atoms with Crippen LogP contribution in [-0.4, -0.2) is 18.4 Å². The summed E-state index contributed by atoms with van der Waals surface area (Å²) in [6, 6.07) is 5.06. The maximum Gasteiger partial charge on any atom is 0.125 e. The lowest BCUT2D eigenvalue weighted by molar-refractivity contribution is 0.626. The van der Waals surface area contributed by atoms with E-state index in [1.807, 2.05) is 0 Å². The van der Waals surface area contributed by atoms with E-state index < -0.39 is 0 Å². The number of rotatable bonds is 5. The fourth-order valence-corrected chi connectivity index (χ4v) is 2.10. The molecule has 1 saturated carbocycles. The van der Waals surface area contributed by atoms with Gasteiger partial charge in [0, 0.05) is 23.8 Å². The molecule has 3 N–H and O–H groups in total. The Balaban J connectivity index is 2.37. The highest BCUT2D eigenvalue weighted by molar-refractivity contribution is 6.00. The molecule has 1 aliphatic rings. The third kappa shape index (κ3) is 2.57. The van der Waals surface area contributed by atoms with Crippen LogP contribution in [0, 0.1) is 11.2 Å². The second-order valence-corrected chi connectivity index (χ2v) is 4.50. The molecule has 0 heterocycles. The number of nitrogens with zero attached hydrogens (tertiary/aromatic N) is 1. The molecule has 0 spiro atoms. The third-order valence-electron chi connectivity index (χ3n) is 3.01. The SMILES string of the molecule is CCCN(c1ccc(F)cc1C(=N)N)C1CC1. The number of nitrogen functional groups attached to an aromatic ring is 1. The van der Waals surface area contributed by atoms with Crippen LogP contribution in [0.1, 0.15) is 31.7 Å². The highest BCUT2D eigenvalue weighted by Crippen LogP contribution is 2.33. The predicted molar refractivity (Wildman–Crippen MR) is 68.1 cm³/mol. The average molecular weight is 235 g/mol. The van der Waals surface area contributed by atoms with Gasteiger partial charge in [-0.1, -0.05) is 6.92 Å². The summed E-state index contributed by atoms with van der Waals surface area (Å²) in [5.41, 5.74) is 6.92. The Kier molecular flexibility index (Phi) is 3.31. The Labute approximate surface area is 101 Å². The quantitative estimate of drug-likeness (QED) is 0.608. The van der Waals surface area contributed by atoms with Gasteiger partial charge in [0.15, 0.2) is 0 Å². The molecule has 2 rings (SSSR count). The third-order valence-corrected chi connectivity index (χ3v) is 3.01. The van der Waals surface area contributed by atoms with E-state index >= 15 is 0 Å². The zero-order valence-corrected chi connectivity index (χ0v) is 10.0. The number of halogens is 1. The van der Waals surface area contributed by atoms with Gasteiger partial charge in [-0.05, 0) is 37.5 Å². The van der Waals surface area contributed by atoms with Crippen molar-refractivity contribution in [3.8, 4) is 0 Å². The Morgan fingerprint density at radius 3 is 2.76 bits per heavy atom. The summed E-state index contributed by atoms with van der Waals surface area (Å²) in [7, 11) is 0. The number of benzene rings is 1. The minimum absolute atomic E-state index is 0.0683. The van der Waals surface area contributed by atoms with E-state index in [4.69, 9.17) is 11.1 Å². The maximum atomic E-state index is 13.2. The van der Waals surface area contributed by atoms with Gasteiger partial charge in [0.25, 0.3) is 0 Å². The van der Waals surface area contributed by atoms with Gasteiger partial charge in [-0.3, -0.25) is 5.41 Å². The molecule has 0 saturated heterocycles. The van der Waals surface area contributed by atoms with Crippen LogP contribution in [0.5, 0.6) is 0 Å². The molecule has 4 heteroatoms. The van der Waals surface area contributed by atoms with Crippen molar-refractivity contribution in [2.75, 3.05) is 11.4 Å². The predicted octanol–water partition coefficient (Wildman–Crippen LogP) is 2.49. The molecular weight excluding hydrogens is 217 g/mol. The van der Waals surface area contributed by atoms with E-state index in [1.165, 1.54) is 25.0 Å². The summed E-state index contributed by atoms with van der Waals surface area (Å²) in [5.74, 6) is -0.410. The normalized spacial score (nSPS) is 14.7. The van der Waals surface area contributed by atoms with E-state index in [0.29, 0.717) is 11.6 Å². The number of amidine groups is 1. The summed E-state index contributed by atoms with van der Waals surface area (Å²) in [6.45, 7) is 3.04. The molecule has 92 valence electrons. The molecule has 1 aliphatic carbocycles. The van der Waals surface area contributed by atoms with Crippen LogP contribution in [0.3, 0.4) is 0 Å². The minimum Gasteiger partial charge on any atom is -0.384 e. The standard InChI is InChI=1S/C13H18FN3/c1-2-7-17(10-4-5-10)12-6-3-9(14)8-11(12)13(15)16/h3,6,8,10H,2,4-5,7H2,1H3,(H3,15,16). The minimum atomic E-state index is -0.341. The van der Waals surface area contributed by atoms with Crippen LogP contribution in [0.4, 0.5) is 10.1 Å². The molecule has 0 radical (unpaired) electrons. The van der Waals surface area contributed by atoms with Crippen LogP contribution in [0.15, 0.2) is 18.2 Å². The zero-order chi connectivity index (χ0) is 12.4. The van der Waals surface area contributed by atoms with Crippen molar-refractivity contribution in [3.05, 3.63) is 29.6 Å². The molecule has 0 aromatic heterocycles. The zero-order valence-electron chi connectivity index (χ0n) is 10.0. The van der Waals surface area contributed by atoms with Crippen molar-refractivity contribution in [2.45, 2.75) is 32.2 Å². The number of nitrogens with one attached hydrogen (secondary N) is 1. The largest absolute Gasteiger partial charge is 0.384 e. The molecule has 0 bridgehead atoms. The molecule has 0 atom stereocenters. The Hall–Kier alpha value is -1.58. The molecule has 0 unspecified atom stereocenters. The molecular formula is C13H18FN3. The van der Waals surface area contributed by atoms with Crippen LogP contribution in [0.2, 0.25) is 0 Å². The van der Waals surface area contributed by atoms with Gasteiger partial charge in [0.1, 0.15) is 11.7 Å². The summed E-state index contributed by atoms with van der Waals surface area (Å²) in [6.07, 6.45) is 3.38. The van der Waals surface area contributed by atoms with Crippen molar-refractivity contribution < 1.29 is 4.39 Å². The molecule has 1 aromatic rings. The summed E-state index contributed by atoms with van der Waals surface area (Å²) >= 11 is 0. The summed E-state index contributed by atoms with van der Waals surface area (Å²) in [5, 5.41) is 7.54. The fourth-order valence-electron chi connectivity index (χ4n) is 2.10. The average Bonchev–Trinajstić information content (AvgIpc) is 3.10. The van der Waals surface area contributed by atoms with Crippen molar-refractivity contribution in [1.82, 2.24) is 0 Å². The van der Waals surface area contributed by atoms with E-state index in [-0.39, 0.29) is 11.7 Å². The van der Waals surface area contributed by atoms with E-state index in [9.17, 15) is 4.39 Å². The number of nitrogens with two attached hydrogens (primary N) is 1. The number of anilines is 1. The summed E-state index contributed by atoms with van der Waals surface area (Å²) in [4.78, 5) is 2.25.